The van der Waals surface area contributed by atoms with Crippen molar-refractivity contribution in [2.24, 2.45) is 5.73 Å². The lowest BCUT2D eigenvalue weighted by atomic mass is 9.77. The molecule has 1 heterocycles. The maximum atomic E-state index is 14.0. The Bertz CT molecular complexity index is 512. The lowest BCUT2D eigenvalue weighted by Crippen LogP contribution is -2.33. The van der Waals surface area contributed by atoms with Crippen LogP contribution in [0.2, 0.25) is 0 Å². The van der Waals surface area contributed by atoms with Gasteiger partial charge in [0, 0.05) is 24.4 Å². The number of halogens is 1. The van der Waals surface area contributed by atoms with Gasteiger partial charge < -0.3 is 20.3 Å². The quantitative estimate of drug-likeness (QED) is 0.874. The fourth-order valence-corrected chi connectivity index (χ4v) is 3.36. The summed E-state index contributed by atoms with van der Waals surface area (Å²) >= 11 is 0. The van der Waals surface area contributed by atoms with Gasteiger partial charge in [0.2, 0.25) is 0 Å². The van der Waals surface area contributed by atoms with Crippen molar-refractivity contribution in [1.82, 2.24) is 0 Å². The average molecular weight is 281 g/mol. The summed E-state index contributed by atoms with van der Waals surface area (Å²) in [5.74, 6) is -0.133. The summed E-state index contributed by atoms with van der Waals surface area (Å²) in [6, 6.07) is 1.21. The number of phenols is 1. The molecular weight excluding hydrogens is 261 g/mol. The van der Waals surface area contributed by atoms with Crippen LogP contribution in [0.15, 0.2) is 6.07 Å². The Morgan fingerprint density at radius 2 is 1.90 bits per heavy atom. The standard InChI is InChI=1S/C15H20FNO3/c16-10-8-11-14(20-7-3-6-19-11)12(13(10)18)15(9-17)4-1-2-5-15/h8,18H,1-7,9,17H2. The second-order valence-electron chi connectivity index (χ2n) is 5.65. The molecule has 0 radical (unpaired) electrons. The first-order valence-electron chi connectivity index (χ1n) is 7.19. The molecule has 20 heavy (non-hydrogen) atoms. The summed E-state index contributed by atoms with van der Waals surface area (Å²) < 4.78 is 25.3. The van der Waals surface area contributed by atoms with Gasteiger partial charge in [-0.25, -0.2) is 4.39 Å². The number of rotatable bonds is 2. The van der Waals surface area contributed by atoms with Gasteiger partial charge in [-0.05, 0) is 12.8 Å². The van der Waals surface area contributed by atoms with Gasteiger partial charge in [-0.3, -0.25) is 0 Å². The van der Waals surface area contributed by atoms with E-state index < -0.39 is 11.2 Å². The van der Waals surface area contributed by atoms with Gasteiger partial charge in [-0.1, -0.05) is 12.8 Å². The molecule has 0 aromatic heterocycles. The molecule has 0 bridgehead atoms. The average Bonchev–Trinajstić information content (AvgIpc) is 2.81. The number of hydrogen-bond donors (Lipinski definition) is 2. The van der Waals surface area contributed by atoms with E-state index in [-0.39, 0.29) is 5.75 Å². The van der Waals surface area contributed by atoms with Crippen molar-refractivity contribution in [2.75, 3.05) is 19.8 Å². The minimum absolute atomic E-state index is 0.332. The van der Waals surface area contributed by atoms with Gasteiger partial charge in [0.15, 0.2) is 23.1 Å². The molecule has 3 N–H and O–H groups in total. The van der Waals surface area contributed by atoms with Crippen LogP contribution in [0.1, 0.15) is 37.7 Å². The minimum Gasteiger partial charge on any atom is -0.505 e. The first-order valence-corrected chi connectivity index (χ1v) is 7.19. The Morgan fingerprint density at radius 1 is 1.20 bits per heavy atom. The van der Waals surface area contributed by atoms with Gasteiger partial charge in [-0.15, -0.1) is 0 Å². The van der Waals surface area contributed by atoms with E-state index >= 15 is 0 Å². The van der Waals surface area contributed by atoms with E-state index in [2.05, 4.69) is 0 Å². The fraction of sp³-hybridized carbons (Fsp3) is 0.600. The Morgan fingerprint density at radius 3 is 2.60 bits per heavy atom. The van der Waals surface area contributed by atoms with Crippen LogP contribution in [0.25, 0.3) is 0 Å². The Labute approximate surface area is 117 Å². The molecule has 1 aromatic carbocycles. The van der Waals surface area contributed by atoms with E-state index in [1.807, 2.05) is 0 Å². The summed E-state index contributed by atoms with van der Waals surface area (Å²) in [5, 5.41) is 10.2. The van der Waals surface area contributed by atoms with Gasteiger partial charge in [0.1, 0.15) is 0 Å². The molecule has 1 aromatic rings. The third-order valence-corrected chi connectivity index (χ3v) is 4.45. The van der Waals surface area contributed by atoms with E-state index in [0.717, 1.165) is 32.1 Å². The number of nitrogens with two attached hydrogens (primary N) is 1. The molecule has 1 fully saturated rings. The van der Waals surface area contributed by atoms with Gasteiger partial charge in [-0.2, -0.15) is 0 Å². The van der Waals surface area contributed by atoms with Crippen molar-refractivity contribution >= 4 is 0 Å². The Kier molecular flexibility index (Phi) is 3.46. The summed E-state index contributed by atoms with van der Waals surface area (Å²) in [6.45, 7) is 1.37. The number of ether oxygens (including phenoxy) is 2. The third-order valence-electron chi connectivity index (χ3n) is 4.45. The van der Waals surface area contributed by atoms with Crippen LogP contribution < -0.4 is 15.2 Å². The highest BCUT2D eigenvalue weighted by molar-refractivity contribution is 5.58. The molecule has 110 valence electrons. The van der Waals surface area contributed by atoms with E-state index in [0.29, 0.717) is 36.8 Å². The van der Waals surface area contributed by atoms with Crippen LogP contribution in [-0.4, -0.2) is 24.9 Å². The monoisotopic (exact) mass is 281 g/mol. The molecule has 0 atom stereocenters. The molecule has 0 saturated heterocycles. The number of aromatic hydroxyl groups is 1. The van der Waals surface area contributed by atoms with Crippen molar-refractivity contribution in [2.45, 2.75) is 37.5 Å². The van der Waals surface area contributed by atoms with E-state index in [1.165, 1.54) is 6.07 Å². The highest BCUT2D eigenvalue weighted by Gasteiger charge is 2.41. The molecule has 1 aliphatic heterocycles. The summed E-state index contributed by atoms with van der Waals surface area (Å²) in [4.78, 5) is 0. The van der Waals surface area contributed by atoms with Gasteiger partial charge in [0.05, 0.1) is 18.8 Å². The molecule has 4 nitrogen and oxygen atoms in total. The van der Waals surface area contributed by atoms with Crippen molar-refractivity contribution < 1.29 is 19.0 Å². The lowest BCUT2D eigenvalue weighted by molar-refractivity contribution is 0.291. The topological polar surface area (TPSA) is 64.7 Å². The molecule has 0 amide bonds. The van der Waals surface area contributed by atoms with E-state index in [9.17, 15) is 9.50 Å². The van der Waals surface area contributed by atoms with E-state index in [1.54, 1.807) is 0 Å². The summed E-state index contributed by atoms with van der Waals surface area (Å²) in [5.41, 5.74) is 6.07. The van der Waals surface area contributed by atoms with Crippen molar-refractivity contribution in [1.29, 1.82) is 0 Å². The maximum absolute atomic E-state index is 14.0. The Balaban J connectivity index is 2.20. The SMILES string of the molecule is NCC1(c2c(O)c(F)cc3c2OCCCO3)CCCC1. The zero-order valence-corrected chi connectivity index (χ0v) is 11.5. The van der Waals surface area contributed by atoms with E-state index in [4.69, 9.17) is 15.2 Å². The predicted molar refractivity (Wildman–Crippen MR) is 72.9 cm³/mol. The molecule has 0 unspecified atom stereocenters. The molecule has 3 rings (SSSR count). The fourth-order valence-electron chi connectivity index (χ4n) is 3.36. The predicted octanol–water partition coefficient (Wildman–Crippen LogP) is 2.46. The van der Waals surface area contributed by atoms with Crippen LogP contribution in [0.3, 0.4) is 0 Å². The van der Waals surface area contributed by atoms with Crippen LogP contribution in [0, 0.1) is 5.82 Å². The zero-order valence-electron chi connectivity index (χ0n) is 11.5. The van der Waals surface area contributed by atoms with Crippen molar-refractivity contribution in [3.63, 3.8) is 0 Å². The first kappa shape index (κ1) is 13.5. The lowest BCUT2D eigenvalue weighted by Gasteiger charge is -2.31. The molecule has 2 aliphatic rings. The molecule has 1 saturated carbocycles. The van der Waals surface area contributed by atoms with Crippen LogP contribution >= 0.6 is 0 Å². The second-order valence-corrected chi connectivity index (χ2v) is 5.65. The molecule has 1 aliphatic carbocycles. The maximum Gasteiger partial charge on any atom is 0.169 e. The van der Waals surface area contributed by atoms with Crippen LogP contribution in [0.5, 0.6) is 17.2 Å². The summed E-state index contributed by atoms with van der Waals surface area (Å²) in [6.07, 6.45) is 4.49. The highest BCUT2D eigenvalue weighted by Crippen LogP contribution is 2.52. The van der Waals surface area contributed by atoms with Crippen molar-refractivity contribution in [3.8, 4) is 17.2 Å². The van der Waals surface area contributed by atoms with Crippen molar-refractivity contribution in [3.05, 3.63) is 17.4 Å². The largest absolute Gasteiger partial charge is 0.505 e. The van der Waals surface area contributed by atoms with Crippen LogP contribution in [-0.2, 0) is 5.41 Å². The number of fused-ring (bicyclic) bond motifs is 1. The normalized spacial score (nSPS) is 20.7. The van der Waals surface area contributed by atoms with Gasteiger partial charge >= 0.3 is 0 Å². The first-order chi connectivity index (χ1) is 9.68. The highest BCUT2D eigenvalue weighted by atomic mass is 19.1. The number of phenolic OH excluding ortho intramolecular Hbond substituents is 1. The van der Waals surface area contributed by atoms with Gasteiger partial charge in [0.25, 0.3) is 0 Å². The third kappa shape index (κ3) is 2.00. The molecule has 0 spiro atoms. The Hall–Kier alpha value is -1.49. The zero-order chi connectivity index (χ0) is 14.2. The number of hydrogen-bond acceptors (Lipinski definition) is 4. The number of benzene rings is 1. The summed E-state index contributed by atoms with van der Waals surface area (Å²) in [7, 11) is 0. The second kappa shape index (κ2) is 5.13. The minimum atomic E-state index is -0.663. The van der Waals surface area contributed by atoms with Crippen LogP contribution in [0.4, 0.5) is 4.39 Å². The smallest absolute Gasteiger partial charge is 0.169 e. The molecule has 5 heteroatoms. The molecular formula is C15H20FNO3.